The molecule has 0 aliphatic carbocycles. The number of carbonyl (C=O) groups is 2. The van der Waals surface area contributed by atoms with Crippen LogP contribution < -0.4 is 9.62 Å². The van der Waals surface area contributed by atoms with Crippen molar-refractivity contribution < 1.29 is 18.0 Å². The molecule has 1 N–H and O–H groups in total. The zero-order valence-electron chi connectivity index (χ0n) is 19.3. The first-order chi connectivity index (χ1) is 15.7. The molecule has 7 nitrogen and oxygen atoms in total. The Kier molecular flexibility index (Phi) is 10.2. The van der Waals surface area contributed by atoms with Crippen molar-refractivity contribution in [3.8, 4) is 0 Å². The van der Waals surface area contributed by atoms with Gasteiger partial charge in [0.1, 0.15) is 12.6 Å². The number of sulfonamides is 1. The van der Waals surface area contributed by atoms with Crippen LogP contribution in [0.1, 0.15) is 38.7 Å². The molecule has 180 valence electrons. The quantitative estimate of drug-likeness (QED) is 0.455. The second kappa shape index (κ2) is 12.6. The molecule has 0 saturated heterocycles. The first-order valence-electron chi connectivity index (χ1n) is 11.0. The zero-order chi connectivity index (χ0) is 24.4. The van der Waals surface area contributed by atoms with E-state index in [1.807, 2.05) is 44.2 Å². The number of amides is 2. The number of para-hydroxylation sites is 1. The summed E-state index contributed by atoms with van der Waals surface area (Å²) in [6, 6.07) is 15.0. The monoisotopic (exact) mass is 493 g/mol. The van der Waals surface area contributed by atoms with E-state index in [0.717, 1.165) is 29.0 Å². The highest BCUT2D eigenvalue weighted by atomic mass is 35.5. The van der Waals surface area contributed by atoms with Gasteiger partial charge in [0.05, 0.1) is 17.0 Å². The number of carbonyl (C=O) groups excluding carboxylic acids is 2. The molecule has 2 amide bonds. The van der Waals surface area contributed by atoms with Crippen LogP contribution in [0, 0.1) is 0 Å². The van der Waals surface area contributed by atoms with Gasteiger partial charge in [-0.2, -0.15) is 0 Å². The van der Waals surface area contributed by atoms with Crippen molar-refractivity contribution in [3.05, 3.63) is 65.2 Å². The fourth-order valence-corrected chi connectivity index (χ4v) is 4.60. The number of unbranched alkanes of at least 4 members (excludes halogenated alkanes) is 1. The number of halogens is 1. The molecule has 1 atom stereocenters. The lowest BCUT2D eigenvalue weighted by atomic mass is 10.1. The standard InChI is InChI=1S/C24H32ClN3O4S/c1-4-6-16-26-24(30)21(5-2)27(17-19-12-8-7-9-13-19)23(29)18-28(33(3,31)32)22-15-11-10-14-20(22)25/h7-15,21H,4-6,16-18H2,1-3H3,(H,26,30). The predicted octanol–water partition coefficient (Wildman–Crippen LogP) is 3.83. The summed E-state index contributed by atoms with van der Waals surface area (Å²) in [6.45, 7) is 4.10. The van der Waals surface area contributed by atoms with E-state index in [1.54, 1.807) is 24.3 Å². The van der Waals surface area contributed by atoms with Gasteiger partial charge in [0, 0.05) is 13.1 Å². The average Bonchev–Trinajstić information content (AvgIpc) is 2.78. The maximum atomic E-state index is 13.5. The van der Waals surface area contributed by atoms with Crippen molar-refractivity contribution in [2.75, 3.05) is 23.7 Å². The molecular formula is C24H32ClN3O4S. The highest BCUT2D eigenvalue weighted by Crippen LogP contribution is 2.27. The zero-order valence-corrected chi connectivity index (χ0v) is 20.9. The van der Waals surface area contributed by atoms with Gasteiger partial charge in [0.25, 0.3) is 0 Å². The van der Waals surface area contributed by atoms with Gasteiger partial charge in [0.2, 0.25) is 21.8 Å². The molecule has 0 aliphatic rings. The van der Waals surface area contributed by atoms with Crippen molar-refractivity contribution in [1.82, 2.24) is 10.2 Å². The number of nitrogens with one attached hydrogen (secondary N) is 1. The number of nitrogens with zero attached hydrogens (tertiary/aromatic N) is 2. The Morgan fingerprint density at radius 2 is 1.67 bits per heavy atom. The minimum atomic E-state index is -3.81. The van der Waals surface area contributed by atoms with Gasteiger partial charge in [0.15, 0.2) is 0 Å². The second-order valence-corrected chi connectivity index (χ2v) is 10.1. The molecule has 0 radical (unpaired) electrons. The first-order valence-corrected chi connectivity index (χ1v) is 13.2. The molecule has 0 aliphatic heterocycles. The SMILES string of the molecule is CCCCNC(=O)C(CC)N(Cc1ccccc1)C(=O)CN(c1ccccc1Cl)S(C)(=O)=O. The molecule has 0 heterocycles. The van der Waals surface area contributed by atoms with Crippen molar-refractivity contribution >= 4 is 39.1 Å². The van der Waals surface area contributed by atoms with E-state index in [4.69, 9.17) is 11.6 Å². The molecule has 9 heteroatoms. The molecular weight excluding hydrogens is 462 g/mol. The van der Waals surface area contributed by atoms with Crippen LogP contribution in [0.2, 0.25) is 5.02 Å². The smallest absolute Gasteiger partial charge is 0.244 e. The van der Waals surface area contributed by atoms with Crippen molar-refractivity contribution in [2.24, 2.45) is 0 Å². The average molecular weight is 494 g/mol. The lowest BCUT2D eigenvalue weighted by molar-refractivity contribution is -0.140. The van der Waals surface area contributed by atoms with E-state index in [2.05, 4.69) is 5.32 Å². The van der Waals surface area contributed by atoms with E-state index >= 15 is 0 Å². The molecule has 0 bridgehead atoms. The minimum absolute atomic E-state index is 0.180. The van der Waals surface area contributed by atoms with Gasteiger partial charge in [-0.15, -0.1) is 0 Å². The normalized spacial score (nSPS) is 12.1. The summed E-state index contributed by atoms with van der Waals surface area (Å²) in [6.07, 6.45) is 3.19. The molecule has 0 spiro atoms. The number of rotatable bonds is 12. The first kappa shape index (κ1) is 26.7. The summed E-state index contributed by atoms with van der Waals surface area (Å²) < 4.78 is 26.1. The molecule has 0 aromatic heterocycles. The predicted molar refractivity (Wildman–Crippen MR) is 133 cm³/mol. The van der Waals surface area contributed by atoms with E-state index in [-0.39, 0.29) is 23.2 Å². The summed E-state index contributed by atoms with van der Waals surface area (Å²) in [5.74, 6) is -0.736. The number of anilines is 1. The van der Waals surface area contributed by atoms with E-state index in [0.29, 0.717) is 13.0 Å². The maximum absolute atomic E-state index is 13.5. The fraction of sp³-hybridized carbons (Fsp3) is 0.417. The molecule has 1 unspecified atom stereocenters. The summed E-state index contributed by atoms with van der Waals surface area (Å²) in [4.78, 5) is 27.9. The van der Waals surface area contributed by atoms with E-state index in [9.17, 15) is 18.0 Å². The van der Waals surface area contributed by atoms with Crippen LogP contribution in [-0.4, -0.2) is 50.5 Å². The summed E-state index contributed by atoms with van der Waals surface area (Å²) >= 11 is 6.23. The van der Waals surface area contributed by atoms with Gasteiger partial charge >= 0.3 is 0 Å². The van der Waals surface area contributed by atoms with Crippen LogP contribution in [-0.2, 0) is 26.2 Å². The molecule has 0 saturated carbocycles. The number of benzene rings is 2. The Bertz CT molecular complexity index is 1030. The lowest BCUT2D eigenvalue weighted by Crippen LogP contribution is -2.52. The van der Waals surface area contributed by atoms with Gasteiger partial charge in [-0.05, 0) is 30.5 Å². The summed E-state index contributed by atoms with van der Waals surface area (Å²) in [5.41, 5.74) is 1.06. The summed E-state index contributed by atoms with van der Waals surface area (Å²) in [5, 5.41) is 3.11. The van der Waals surface area contributed by atoms with Crippen LogP contribution in [0.25, 0.3) is 0 Å². The van der Waals surface area contributed by atoms with Crippen LogP contribution in [0.4, 0.5) is 5.69 Å². The van der Waals surface area contributed by atoms with Crippen molar-refractivity contribution in [3.63, 3.8) is 0 Å². The van der Waals surface area contributed by atoms with Gasteiger partial charge in [-0.3, -0.25) is 13.9 Å². The molecule has 2 aromatic rings. The molecule has 2 aromatic carbocycles. The van der Waals surface area contributed by atoms with Crippen LogP contribution in [0.3, 0.4) is 0 Å². The van der Waals surface area contributed by atoms with E-state index < -0.39 is 28.5 Å². The highest BCUT2D eigenvalue weighted by Gasteiger charge is 2.32. The molecule has 2 rings (SSSR count). The number of hydrogen-bond donors (Lipinski definition) is 1. The second-order valence-electron chi connectivity index (χ2n) is 7.80. The minimum Gasteiger partial charge on any atom is -0.354 e. The molecule has 0 fully saturated rings. The largest absolute Gasteiger partial charge is 0.354 e. The summed E-state index contributed by atoms with van der Waals surface area (Å²) in [7, 11) is -3.81. The maximum Gasteiger partial charge on any atom is 0.244 e. The lowest BCUT2D eigenvalue weighted by Gasteiger charge is -2.33. The highest BCUT2D eigenvalue weighted by molar-refractivity contribution is 7.92. The molecule has 33 heavy (non-hydrogen) atoms. The third-order valence-electron chi connectivity index (χ3n) is 5.21. The third-order valence-corrected chi connectivity index (χ3v) is 6.66. The van der Waals surface area contributed by atoms with Crippen LogP contribution in [0.5, 0.6) is 0 Å². The Morgan fingerprint density at radius 3 is 2.24 bits per heavy atom. The third kappa shape index (κ3) is 7.75. The Labute approximate surface area is 201 Å². The Hall–Kier alpha value is -2.58. The van der Waals surface area contributed by atoms with Gasteiger partial charge < -0.3 is 10.2 Å². The van der Waals surface area contributed by atoms with E-state index in [1.165, 1.54) is 4.90 Å². The topological polar surface area (TPSA) is 86.8 Å². The number of hydrogen-bond acceptors (Lipinski definition) is 4. The van der Waals surface area contributed by atoms with Crippen molar-refractivity contribution in [2.45, 2.75) is 45.7 Å². The fourth-order valence-electron chi connectivity index (χ4n) is 3.45. The Balaban J connectivity index is 2.38. The van der Waals surface area contributed by atoms with Gasteiger partial charge in [-0.25, -0.2) is 8.42 Å². The van der Waals surface area contributed by atoms with Crippen molar-refractivity contribution in [1.29, 1.82) is 0 Å². The van der Waals surface area contributed by atoms with Gasteiger partial charge in [-0.1, -0.05) is 74.3 Å². The van der Waals surface area contributed by atoms with Crippen LogP contribution in [0.15, 0.2) is 54.6 Å². The van der Waals surface area contributed by atoms with Crippen LogP contribution >= 0.6 is 11.6 Å². The Morgan fingerprint density at radius 1 is 1.03 bits per heavy atom.